The normalized spacial score (nSPS) is 13.1. The summed E-state index contributed by atoms with van der Waals surface area (Å²) in [6.45, 7) is 0. The van der Waals surface area contributed by atoms with E-state index in [0.717, 1.165) is 25.4 Å². The maximum atomic E-state index is 4.62. The first-order valence-electron chi connectivity index (χ1n) is 14.2. The van der Waals surface area contributed by atoms with Gasteiger partial charge in [0, 0.05) is 0 Å². The van der Waals surface area contributed by atoms with Crippen LogP contribution in [0.15, 0.2) is 146 Å². The van der Waals surface area contributed by atoms with Crippen molar-refractivity contribution in [2.45, 2.75) is 19.3 Å². The molecule has 0 saturated carbocycles. The molecule has 0 heterocycles. The second-order valence-electron chi connectivity index (χ2n) is 11.0. The summed E-state index contributed by atoms with van der Waals surface area (Å²) < 4.78 is 0. The van der Waals surface area contributed by atoms with Crippen LogP contribution in [0.2, 0.25) is 0 Å². The Morgan fingerprint density at radius 1 is 0.425 bits per heavy atom. The van der Waals surface area contributed by atoms with Crippen LogP contribution in [-0.4, -0.2) is 6.16 Å². The standard InChI is InChI=1S/C38H32BrP/c39-40(33-16-4-1-5-17-33,34-18-6-2-7-19-34,35-20-8-3-9-21-35)28-11-10-13-29-22-23-32-25-24-30-14-12-15-31-26-27-36(29)38(32)37(30)31/h1-9,12,14-27H,10-11,13,28H2. The number of hydrogen-bond donors (Lipinski definition) is 0. The Balaban J connectivity index is 1.26. The minimum atomic E-state index is -2.87. The van der Waals surface area contributed by atoms with Crippen molar-refractivity contribution in [3.63, 3.8) is 0 Å². The molecule has 0 aliphatic heterocycles. The topological polar surface area (TPSA) is 0 Å². The van der Waals surface area contributed by atoms with Crippen LogP contribution in [0.3, 0.4) is 0 Å². The summed E-state index contributed by atoms with van der Waals surface area (Å²) in [6, 6.07) is 54.0. The third kappa shape index (κ3) is 3.99. The molecule has 0 aromatic heterocycles. The number of aryl methyl sites for hydroxylation is 1. The Morgan fingerprint density at radius 3 is 1.45 bits per heavy atom. The van der Waals surface area contributed by atoms with Crippen molar-refractivity contribution in [3.05, 3.63) is 151 Å². The first kappa shape index (κ1) is 25.5. The zero-order valence-electron chi connectivity index (χ0n) is 22.5. The van der Waals surface area contributed by atoms with E-state index in [-0.39, 0.29) is 0 Å². The van der Waals surface area contributed by atoms with Crippen LogP contribution in [0.25, 0.3) is 32.3 Å². The Hall–Kier alpha value is -3.51. The summed E-state index contributed by atoms with van der Waals surface area (Å²) in [5.74, 6) is 0. The Morgan fingerprint density at radius 2 is 0.900 bits per heavy atom. The van der Waals surface area contributed by atoms with Gasteiger partial charge >= 0.3 is 246 Å². The van der Waals surface area contributed by atoms with Crippen molar-refractivity contribution < 1.29 is 0 Å². The number of benzene rings is 7. The van der Waals surface area contributed by atoms with Gasteiger partial charge in [-0.1, -0.05) is 0 Å². The van der Waals surface area contributed by atoms with Gasteiger partial charge in [-0.05, 0) is 0 Å². The molecule has 0 fully saturated rings. The van der Waals surface area contributed by atoms with Crippen LogP contribution in [0.1, 0.15) is 18.4 Å². The van der Waals surface area contributed by atoms with Crippen molar-refractivity contribution in [1.82, 2.24) is 0 Å². The van der Waals surface area contributed by atoms with Gasteiger partial charge in [-0.15, -0.1) is 0 Å². The minimum absolute atomic E-state index is 1.08. The summed E-state index contributed by atoms with van der Waals surface area (Å²) in [7, 11) is 0. The van der Waals surface area contributed by atoms with Crippen molar-refractivity contribution in [3.8, 4) is 0 Å². The van der Waals surface area contributed by atoms with Crippen LogP contribution in [-0.2, 0) is 6.42 Å². The molecule has 0 bridgehead atoms. The molecule has 0 aliphatic carbocycles. The van der Waals surface area contributed by atoms with E-state index in [9.17, 15) is 0 Å². The number of halogens is 1. The molecule has 0 atom stereocenters. The molecule has 0 radical (unpaired) electrons. The molecule has 7 rings (SSSR count). The fourth-order valence-electron chi connectivity index (χ4n) is 6.79. The molecular weight excluding hydrogens is 567 g/mol. The summed E-state index contributed by atoms with van der Waals surface area (Å²) in [4.78, 5) is 0. The molecule has 196 valence electrons. The van der Waals surface area contributed by atoms with E-state index in [1.807, 2.05) is 0 Å². The Kier molecular flexibility index (Phi) is 6.46. The van der Waals surface area contributed by atoms with E-state index < -0.39 is 5.31 Å². The fourth-order valence-corrected chi connectivity index (χ4v) is 14.5. The van der Waals surface area contributed by atoms with Crippen molar-refractivity contribution in [2.75, 3.05) is 6.16 Å². The van der Waals surface area contributed by atoms with E-state index in [4.69, 9.17) is 0 Å². The van der Waals surface area contributed by atoms with E-state index >= 15 is 0 Å². The average Bonchev–Trinajstić information content (AvgIpc) is 3.03. The predicted octanol–water partition coefficient (Wildman–Crippen LogP) is 9.75. The van der Waals surface area contributed by atoms with Crippen LogP contribution in [0, 0.1) is 0 Å². The van der Waals surface area contributed by atoms with Gasteiger partial charge in [-0.25, -0.2) is 0 Å². The number of hydrogen-bond acceptors (Lipinski definition) is 0. The van der Waals surface area contributed by atoms with E-state index in [2.05, 4.69) is 161 Å². The number of rotatable bonds is 8. The molecule has 0 spiro atoms. The van der Waals surface area contributed by atoms with Gasteiger partial charge in [0.25, 0.3) is 0 Å². The van der Waals surface area contributed by atoms with Gasteiger partial charge < -0.3 is 0 Å². The second kappa shape index (κ2) is 10.2. The first-order chi connectivity index (χ1) is 19.7. The first-order valence-corrected chi connectivity index (χ1v) is 18.7. The summed E-state index contributed by atoms with van der Waals surface area (Å²) in [5.41, 5.74) is 1.46. The van der Waals surface area contributed by atoms with Crippen molar-refractivity contribution in [2.24, 2.45) is 0 Å². The third-order valence-electron chi connectivity index (χ3n) is 8.78. The molecule has 40 heavy (non-hydrogen) atoms. The van der Waals surface area contributed by atoms with Crippen molar-refractivity contribution in [1.29, 1.82) is 0 Å². The van der Waals surface area contributed by atoms with E-state index in [0.29, 0.717) is 0 Å². The molecule has 0 aliphatic rings. The van der Waals surface area contributed by atoms with Gasteiger partial charge in [-0.3, -0.25) is 0 Å². The average molecular weight is 600 g/mol. The molecule has 0 unspecified atom stereocenters. The summed E-state index contributed by atoms with van der Waals surface area (Å²) in [5, 5.41) is 9.55. The molecule has 7 aromatic rings. The monoisotopic (exact) mass is 598 g/mol. The van der Waals surface area contributed by atoms with Crippen LogP contribution >= 0.6 is 20.8 Å². The molecule has 0 amide bonds. The zero-order chi connectivity index (χ0) is 27.0. The zero-order valence-corrected chi connectivity index (χ0v) is 25.0. The van der Waals surface area contributed by atoms with Crippen LogP contribution < -0.4 is 15.9 Å². The quantitative estimate of drug-likeness (QED) is 0.0927. The molecule has 0 nitrogen and oxygen atoms in total. The SMILES string of the molecule is BrP(CCCCc1ccc2ccc3cccc4ccc1c2c34)(c1ccccc1)(c1ccccc1)c1ccccc1. The van der Waals surface area contributed by atoms with Gasteiger partial charge in [0.2, 0.25) is 0 Å². The summed E-state index contributed by atoms with van der Waals surface area (Å²) >= 11 is 4.62. The molecule has 2 heteroatoms. The Labute approximate surface area is 244 Å². The van der Waals surface area contributed by atoms with Crippen molar-refractivity contribution >= 4 is 69.0 Å². The maximum absolute atomic E-state index is 4.62. The number of unbranched alkanes of at least 4 members (excludes halogenated alkanes) is 1. The third-order valence-corrected chi connectivity index (χ3v) is 18.8. The van der Waals surface area contributed by atoms with E-state index in [1.54, 1.807) is 0 Å². The van der Waals surface area contributed by atoms with Gasteiger partial charge in [0.05, 0.1) is 0 Å². The van der Waals surface area contributed by atoms with Crippen LogP contribution in [0.4, 0.5) is 0 Å². The fraction of sp³-hybridized carbons (Fsp3) is 0.105. The predicted molar refractivity (Wildman–Crippen MR) is 182 cm³/mol. The van der Waals surface area contributed by atoms with E-state index in [1.165, 1.54) is 53.8 Å². The molecule has 0 saturated heterocycles. The van der Waals surface area contributed by atoms with Gasteiger partial charge in [0.15, 0.2) is 0 Å². The van der Waals surface area contributed by atoms with Gasteiger partial charge in [-0.2, -0.15) is 0 Å². The Bertz CT molecular complexity index is 1800. The van der Waals surface area contributed by atoms with Crippen LogP contribution in [0.5, 0.6) is 0 Å². The molecule has 7 aromatic carbocycles. The van der Waals surface area contributed by atoms with Gasteiger partial charge in [0.1, 0.15) is 0 Å². The molecule has 0 N–H and O–H groups in total. The molecular formula is C38H32BrP. The second-order valence-corrected chi connectivity index (χ2v) is 20.0. The summed E-state index contributed by atoms with van der Waals surface area (Å²) in [6.07, 6.45) is 4.42.